The highest BCUT2D eigenvalue weighted by Crippen LogP contribution is 1.89. The molecule has 0 spiro atoms. The van der Waals surface area contributed by atoms with E-state index in [-0.39, 0.29) is 0 Å². The molecule has 0 aliphatic carbocycles. The lowest BCUT2D eigenvalue weighted by molar-refractivity contribution is 0.119. The molecular formula is C10H21N5O. The molecule has 0 saturated heterocycles. The lowest BCUT2D eigenvalue weighted by Crippen LogP contribution is -2.23. The van der Waals surface area contributed by atoms with Gasteiger partial charge in [-0.2, -0.15) is 0 Å². The van der Waals surface area contributed by atoms with Crippen LogP contribution in [0.15, 0.2) is 6.20 Å². The first kappa shape index (κ1) is 13.1. The number of nitrogens with one attached hydrogen (secondary N) is 1. The van der Waals surface area contributed by atoms with Gasteiger partial charge in [0.25, 0.3) is 0 Å². The third kappa shape index (κ3) is 5.79. The number of aryl methyl sites for hydroxylation is 1. The van der Waals surface area contributed by atoms with Crippen LogP contribution in [0.2, 0.25) is 0 Å². The van der Waals surface area contributed by atoms with E-state index in [0.717, 1.165) is 38.5 Å². The zero-order valence-electron chi connectivity index (χ0n) is 10.3. The quantitative estimate of drug-likeness (QED) is 0.606. The Morgan fingerprint density at radius 3 is 2.88 bits per heavy atom. The first-order valence-corrected chi connectivity index (χ1v) is 5.47. The average molecular weight is 227 g/mol. The van der Waals surface area contributed by atoms with E-state index in [0.29, 0.717) is 0 Å². The highest BCUT2D eigenvalue weighted by atomic mass is 16.5. The second-order valence-electron chi connectivity index (χ2n) is 3.98. The zero-order valence-corrected chi connectivity index (χ0v) is 10.3. The highest BCUT2D eigenvalue weighted by molar-refractivity contribution is 4.90. The molecule has 1 heterocycles. The lowest BCUT2D eigenvalue weighted by Gasteiger charge is -2.09. The van der Waals surface area contributed by atoms with E-state index in [2.05, 4.69) is 20.5 Å². The Bertz CT molecular complexity index is 286. The third-order valence-electron chi connectivity index (χ3n) is 2.06. The predicted octanol–water partition coefficient (Wildman–Crippen LogP) is -0.517. The molecule has 0 unspecified atom stereocenters. The Labute approximate surface area is 96.6 Å². The third-order valence-corrected chi connectivity index (χ3v) is 2.06. The summed E-state index contributed by atoms with van der Waals surface area (Å²) in [7, 11) is 5.94. The number of nitrogens with zero attached hydrogens (tertiary/aromatic N) is 4. The molecule has 1 rings (SSSR count). The van der Waals surface area contributed by atoms with Crippen molar-refractivity contribution in [2.45, 2.75) is 6.54 Å². The van der Waals surface area contributed by atoms with Crippen LogP contribution >= 0.6 is 0 Å². The van der Waals surface area contributed by atoms with Gasteiger partial charge in [0.15, 0.2) is 0 Å². The molecule has 0 radical (unpaired) electrons. The zero-order chi connectivity index (χ0) is 11.8. The summed E-state index contributed by atoms with van der Waals surface area (Å²) in [5.41, 5.74) is 0.954. The predicted molar refractivity (Wildman–Crippen MR) is 62.1 cm³/mol. The Kier molecular flexibility index (Phi) is 5.99. The molecule has 6 heteroatoms. The van der Waals surface area contributed by atoms with E-state index >= 15 is 0 Å². The van der Waals surface area contributed by atoms with E-state index in [9.17, 15) is 0 Å². The molecule has 0 aliphatic heterocycles. The maximum atomic E-state index is 5.44. The Hall–Kier alpha value is -0.980. The van der Waals surface area contributed by atoms with Crippen LogP contribution in [-0.4, -0.2) is 60.3 Å². The summed E-state index contributed by atoms with van der Waals surface area (Å²) in [5.74, 6) is 0. The number of likely N-dealkylation sites (N-methyl/N-ethyl adjacent to an activating group) is 1. The van der Waals surface area contributed by atoms with Gasteiger partial charge in [0.1, 0.15) is 0 Å². The molecule has 92 valence electrons. The number of ether oxygens (including phenoxy) is 1. The maximum absolute atomic E-state index is 5.44. The Balaban J connectivity index is 1.92. The van der Waals surface area contributed by atoms with Crippen LogP contribution in [0.25, 0.3) is 0 Å². The van der Waals surface area contributed by atoms with Crippen molar-refractivity contribution >= 4 is 0 Å². The van der Waals surface area contributed by atoms with Crippen LogP contribution in [0.4, 0.5) is 0 Å². The van der Waals surface area contributed by atoms with Crippen LogP contribution in [0.5, 0.6) is 0 Å². The molecule has 0 atom stereocenters. The minimum absolute atomic E-state index is 0.730. The standard InChI is InChI=1S/C10H21N5O/c1-14(2)5-7-16-6-4-11-8-10-9-15(3)13-12-10/h9,11H,4-8H2,1-3H3. The van der Waals surface area contributed by atoms with Gasteiger partial charge in [-0.1, -0.05) is 5.21 Å². The summed E-state index contributed by atoms with van der Waals surface area (Å²) in [6, 6.07) is 0. The van der Waals surface area contributed by atoms with Crippen molar-refractivity contribution < 1.29 is 4.74 Å². The molecular weight excluding hydrogens is 206 g/mol. The lowest BCUT2D eigenvalue weighted by atomic mass is 10.4. The van der Waals surface area contributed by atoms with Gasteiger partial charge in [0.05, 0.1) is 18.9 Å². The van der Waals surface area contributed by atoms with Gasteiger partial charge in [-0.25, -0.2) is 0 Å². The summed E-state index contributed by atoms with van der Waals surface area (Å²) >= 11 is 0. The molecule has 1 aromatic rings. The summed E-state index contributed by atoms with van der Waals surface area (Å²) in [6.07, 6.45) is 1.90. The van der Waals surface area contributed by atoms with E-state index in [1.165, 1.54) is 0 Å². The van der Waals surface area contributed by atoms with Crippen molar-refractivity contribution in [1.29, 1.82) is 0 Å². The number of aromatic nitrogens is 3. The largest absolute Gasteiger partial charge is 0.379 e. The summed E-state index contributed by atoms with van der Waals surface area (Å²) < 4.78 is 7.14. The topological polar surface area (TPSA) is 55.2 Å². The van der Waals surface area contributed by atoms with Crippen LogP contribution in [0, 0.1) is 0 Å². The van der Waals surface area contributed by atoms with Gasteiger partial charge >= 0.3 is 0 Å². The monoisotopic (exact) mass is 227 g/mol. The Morgan fingerprint density at radius 1 is 1.44 bits per heavy atom. The van der Waals surface area contributed by atoms with Crippen LogP contribution in [-0.2, 0) is 18.3 Å². The van der Waals surface area contributed by atoms with Crippen LogP contribution < -0.4 is 5.32 Å². The summed E-state index contributed by atoms with van der Waals surface area (Å²) in [6.45, 7) is 4.05. The fraction of sp³-hybridized carbons (Fsp3) is 0.800. The second kappa shape index (κ2) is 7.32. The van der Waals surface area contributed by atoms with Gasteiger partial charge < -0.3 is 15.0 Å². The first-order chi connectivity index (χ1) is 7.68. The molecule has 16 heavy (non-hydrogen) atoms. The molecule has 1 N–H and O–H groups in total. The van der Waals surface area contributed by atoms with Gasteiger partial charge in [-0.05, 0) is 14.1 Å². The van der Waals surface area contributed by atoms with Crippen molar-refractivity contribution in [1.82, 2.24) is 25.2 Å². The first-order valence-electron chi connectivity index (χ1n) is 5.47. The van der Waals surface area contributed by atoms with Crippen molar-refractivity contribution in [3.8, 4) is 0 Å². The molecule has 1 aromatic heterocycles. The molecule has 0 amide bonds. The van der Waals surface area contributed by atoms with Gasteiger partial charge in [-0.3, -0.25) is 4.68 Å². The molecule has 0 saturated carbocycles. The molecule has 6 nitrogen and oxygen atoms in total. The van der Waals surface area contributed by atoms with E-state index < -0.39 is 0 Å². The van der Waals surface area contributed by atoms with E-state index in [4.69, 9.17) is 4.74 Å². The molecule has 0 fully saturated rings. The van der Waals surface area contributed by atoms with Crippen molar-refractivity contribution in [3.05, 3.63) is 11.9 Å². The highest BCUT2D eigenvalue weighted by Gasteiger charge is 1.96. The van der Waals surface area contributed by atoms with Gasteiger partial charge in [-0.15, -0.1) is 5.10 Å². The smallest absolute Gasteiger partial charge is 0.0964 e. The Morgan fingerprint density at radius 2 is 2.25 bits per heavy atom. The van der Waals surface area contributed by atoms with Gasteiger partial charge in [0, 0.05) is 32.9 Å². The van der Waals surface area contributed by atoms with Crippen molar-refractivity contribution in [2.75, 3.05) is 40.4 Å². The maximum Gasteiger partial charge on any atom is 0.0964 e. The average Bonchev–Trinajstić information content (AvgIpc) is 2.62. The number of hydrogen-bond acceptors (Lipinski definition) is 5. The minimum Gasteiger partial charge on any atom is -0.379 e. The summed E-state index contributed by atoms with van der Waals surface area (Å²) in [5, 5.41) is 11.1. The molecule has 0 aromatic carbocycles. The molecule has 0 bridgehead atoms. The minimum atomic E-state index is 0.730. The number of rotatable bonds is 8. The number of hydrogen-bond donors (Lipinski definition) is 1. The normalized spacial score (nSPS) is 11.2. The fourth-order valence-electron chi connectivity index (χ4n) is 1.19. The van der Waals surface area contributed by atoms with E-state index in [1.54, 1.807) is 4.68 Å². The van der Waals surface area contributed by atoms with Crippen LogP contribution in [0.1, 0.15) is 5.69 Å². The molecule has 0 aliphatic rings. The van der Waals surface area contributed by atoms with Crippen molar-refractivity contribution in [3.63, 3.8) is 0 Å². The van der Waals surface area contributed by atoms with Gasteiger partial charge in [0.2, 0.25) is 0 Å². The SMILES string of the molecule is CN(C)CCOCCNCc1cn(C)nn1. The second-order valence-corrected chi connectivity index (χ2v) is 3.98. The van der Waals surface area contributed by atoms with Crippen molar-refractivity contribution in [2.24, 2.45) is 7.05 Å². The summed E-state index contributed by atoms with van der Waals surface area (Å²) in [4.78, 5) is 2.10. The van der Waals surface area contributed by atoms with Crippen LogP contribution in [0.3, 0.4) is 0 Å². The fourth-order valence-corrected chi connectivity index (χ4v) is 1.19. The van der Waals surface area contributed by atoms with E-state index in [1.807, 2.05) is 27.3 Å².